The van der Waals surface area contributed by atoms with Crippen molar-refractivity contribution in [2.45, 2.75) is 0 Å². The summed E-state index contributed by atoms with van der Waals surface area (Å²) in [6.07, 6.45) is 0. The first-order chi connectivity index (χ1) is 31.3. The van der Waals surface area contributed by atoms with Gasteiger partial charge in [-0.25, -0.2) is 0 Å². The lowest BCUT2D eigenvalue weighted by Crippen LogP contribution is -2.74. The number of benzene rings is 10. The van der Waals surface area contributed by atoms with Crippen molar-refractivity contribution >= 4 is 72.4 Å². The quantitative estimate of drug-likeness (QED) is 0.107. The van der Waals surface area contributed by atoms with Gasteiger partial charge in [-0.3, -0.25) is 0 Å². The fourth-order valence-electron chi connectivity index (χ4n) is 10.3. The summed E-state index contributed by atoms with van der Waals surface area (Å²) >= 11 is 0. The van der Waals surface area contributed by atoms with Crippen LogP contribution in [0, 0.1) is 0 Å². The van der Waals surface area contributed by atoms with Crippen LogP contribution in [0.5, 0.6) is 0 Å². The monoisotopic (exact) mass is 818 g/mol. The van der Waals surface area contributed by atoms with Gasteiger partial charge in [0, 0.05) is 32.9 Å². The average Bonchev–Trinajstić information content (AvgIpc) is 3.88. The number of nitrogens with zero attached hydrogens (tertiary/aromatic N) is 2. The van der Waals surface area contributed by atoms with Crippen LogP contribution in [0.1, 0.15) is 0 Å². The molecule has 12 rings (SSSR count). The van der Waals surface area contributed by atoms with Crippen LogP contribution < -0.4 is 20.7 Å². The molecule has 296 valence electrons. The van der Waals surface area contributed by atoms with Crippen molar-refractivity contribution in [2.75, 3.05) is 0 Å². The van der Waals surface area contributed by atoms with E-state index in [1.165, 1.54) is 86.6 Å². The van der Waals surface area contributed by atoms with Crippen LogP contribution in [0.3, 0.4) is 0 Å². The molecule has 0 saturated carbocycles. The summed E-state index contributed by atoms with van der Waals surface area (Å²) in [6.45, 7) is 0. The largest absolute Gasteiger partial charge is 0.309 e. The molecular formula is C60H42N2Si. The third kappa shape index (κ3) is 5.93. The Labute approximate surface area is 368 Å². The third-order valence-corrected chi connectivity index (χ3v) is 17.9. The van der Waals surface area contributed by atoms with Crippen molar-refractivity contribution in [1.29, 1.82) is 0 Å². The first kappa shape index (κ1) is 36.8. The zero-order valence-corrected chi connectivity index (χ0v) is 35.6. The van der Waals surface area contributed by atoms with E-state index < -0.39 is 8.07 Å². The highest BCUT2D eigenvalue weighted by Gasteiger charge is 2.43. The van der Waals surface area contributed by atoms with Gasteiger partial charge in [-0.05, 0) is 97.6 Å². The van der Waals surface area contributed by atoms with Crippen molar-refractivity contribution < 1.29 is 0 Å². The first-order valence-corrected chi connectivity index (χ1v) is 23.8. The predicted octanol–water partition coefficient (Wildman–Crippen LogP) is 12.6. The molecule has 0 atom stereocenters. The fraction of sp³-hybridized carbons (Fsp3) is 0. The number of fused-ring (bicyclic) bond motifs is 6. The van der Waals surface area contributed by atoms with E-state index in [-0.39, 0.29) is 0 Å². The van der Waals surface area contributed by atoms with Gasteiger partial charge in [0.2, 0.25) is 0 Å². The van der Waals surface area contributed by atoms with Crippen LogP contribution >= 0.6 is 0 Å². The molecule has 0 N–H and O–H groups in total. The standard InChI is InChI=1S/C60H42N2Si/c1-6-20-43(21-7-1)45-24-18-25-47(40-45)62-57-39-37-48(61-55-33-17-16-32-52(55)53-41-46(36-38-56(53)61)44-22-8-2-9-23-44)42-54(57)60-58(62)34-19-35-59(60)63(49-26-10-3-11-27-49,50-28-12-4-13-29-50)51-30-14-5-15-31-51/h1-42H. The van der Waals surface area contributed by atoms with Gasteiger partial charge in [0.05, 0.1) is 22.1 Å². The summed E-state index contributed by atoms with van der Waals surface area (Å²) in [6, 6.07) is 94.4. The molecular weight excluding hydrogens is 777 g/mol. The smallest absolute Gasteiger partial charge is 0.180 e. The Bertz CT molecular complexity index is 3500. The molecule has 0 radical (unpaired) electrons. The molecule has 0 bridgehead atoms. The molecule has 0 amide bonds. The second-order valence-electron chi connectivity index (χ2n) is 16.5. The topological polar surface area (TPSA) is 9.86 Å². The molecule has 0 spiro atoms. The molecule has 2 aromatic heterocycles. The number of rotatable bonds is 8. The summed E-state index contributed by atoms with van der Waals surface area (Å²) < 4.78 is 4.97. The maximum Gasteiger partial charge on any atom is 0.180 e. The zero-order chi connectivity index (χ0) is 41.7. The lowest BCUT2D eigenvalue weighted by atomic mass is 10.0. The molecule has 3 heteroatoms. The zero-order valence-electron chi connectivity index (χ0n) is 34.6. The molecule has 2 nitrogen and oxygen atoms in total. The molecule has 0 unspecified atom stereocenters. The van der Waals surface area contributed by atoms with Gasteiger partial charge in [-0.1, -0.05) is 200 Å². The van der Waals surface area contributed by atoms with Crippen molar-refractivity contribution in [2.24, 2.45) is 0 Å². The maximum atomic E-state index is 2.50. The minimum absolute atomic E-state index is 1.14. The third-order valence-electron chi connectivity index (χ3n) is 13.0. The number of hydrogen-bond acceptors (Lipinski definition) is 0. The van der Waals surface area contributed by atoms with E-state index in [1.807, 2.05) is 0 Å². The van der Waals surface area contributed by atoms with Gasteiger partial charge in [-0.2, -0.15) is 0 Å². The van der Waals surface area contributed by atoms with Gasteiger partial charge in [0.1, 0.15) is 0 Å². The van der Waals surface area contributed by atoms with E-state index >= 15 is 0 Å². The summed E-state index contributed by atoms with van der Waals surface area (Å²) in [7, 11) is -2.96. The molecule has 63 heavy (non-hydrogen) atoms. The van der Waals surface area contributed by atoms with E-state index in [0.717, 1.165) is 11.4 Å². The molecule has 0 aliphatic heterocycles. The van der Waals surface area contributed by atoms with Gasteiger partial charge in [0.25, 0.3) is 0 Å². The van der Waals surface area contributed by atoms with Gasteiger partial charge in [-0.15, -0.1) is 0 Å². The normalized spacial score (nSPS) is 11.8. The number of hydrogen-bond donors (Lipinski definition) is 0. The van der Waals surface area contributed by atoms with Crippen LogP contribution in [0.2, 0.25) is 0 Å². The lowest BCUT2D eigenvalue weighted by molar-refractivity contribution is 1.17. The Kier molecular flexibility index (Phi) is 8.87. The molecule has 0 aliphatic rings. The Morgan fingerprint density at radius 2 is 0.698 bits per heavy atom. The number of para-hydroxylation sites is 1. The minimum atomic E-state index is -2.96. The van der Waals surface area contributed by atoms with E-state index in [4.69, 9.17) is 0 Å². The Balaban J connectivity index is 1.21. The Hall–Kier alpha value is -7.98. The first-order valence-electron chi connectivity index (χ1n) is 21.8. The van der Waals surface area contributed by atoms with Crippen LogP contribution in [-0.4, -0.2) is 17.2 Å². The van der Waals surface area contributed by atoms with Crippen LogP contribution in [0.15, 0.2) is 255 Å². The SMILES string of the molecule is c1ccc(-c2cccc(-n3c4ccc(-n5c6ccccc6c6cc(-c7ccccc7)ccc65)cc4c4c([Si](c5ccccc5)(c5ccccc5)c5ccccc5)cccc43)c2)cc1. The summed E-state index contributed by atoms with van der Waals surface area (Å²) in [5, 5.41) is 10.5. The van der Waals surface area contributed by atoms with Crippen molar-refractivity contribution in [3.8, 4) is 33.6 Å². The highest BCUT2D eigenvalue weighted by atomic mass is 28.3. The second kappa shape index (κ2) is 15.2. The van der Waals surface area contributed by atoms with Gasteiger partial charge >= 0.3 is 0 Å². The van der Waals surface area contributed by atoms with Gasteiger partial charge in [0.15, 0.2) is 8.07 Å². The average molecular weight is 819 g/mol. The van der Waals surface area contributed by atoms with Crippen molar-refractivity contribution in [3.05, 3.63) is 255 Å². The van der Waals surface area contributed by atoms with E-state index in [1.54, 1.807) is 0 Å². The maximum absolute atomic E-state index is 2.96. The van der Waals surface area contributed by atoms with Crippen LogP contribution in [0.4, 0.5) is 0 Å². The molecule has 0 saturated heterocycles. The van der Waals surface area contributed by atoms with E-state index in [0.29, 0.717) is 0 Å². The summed E-state index contributed by atoms with van der Waals surface area (Å²) in [4.78, 5) is 0. The Morgan fingerprint density at radius 3 is 1.33 bits per heavy atom. The molecule has 0 aliphatic carbocycles. The molecule has 10 aromatic carbocycles. The van der Waals surface area contributed by atoms with E-state index in [9.17, 15) is 0 Å². The second-order valence-corrected chi connectivity index (χ2v) is 20.2. The summed E-state index contributed by atoms with van der Waals surface area (Å²) in [5.41, 5.74) is 11.9. The van der Waals surface area contributed by atoms with Crippen LogP contribution in [0.25, 0.3) is 77.2 Å². The molecule has 12 aromatic rings. The van der Waals surface area contributed by atoms with Crippen LogP contribution in [-0.2, 0) is 0 Å². The highest BCUT2D eigenvalue weighted by Crippen LogP contribution is 2.39. The highest BCUT2D eigenvalue weighted by molar-refractivity contribution is 7.20. The van der Waals surface area contributed by atoms with Gasteiger partial charge < -0.3 is 9.13 Å². The van der Waals surface area contributed by atoms with Crippen molar-refractivity contribution in [3.63, 3.8) is 0 Å². The minimum Gasteiger partial charge on any atom is -0.309 e. The molecule has 2 heterocycles. The van der Waals surface area contributed by atoms with Crippen molar-refractivity contribution in [1.82, 2.24) is 9.13 Å². The fourth-order valence-corrected chi connectivity index (χ4v) is 15.3. The lowest BCUT2D eigenvalue weighted by Gasteiger charge is -2.35. The predicted molar refractivity (Wildman–Crippen MR) is 270 cm³/mol. The molecule has 0 fully saturated rings. The summed E-state index contributed by atoms with van der Waals surface area (Å²) in [5.74, 6) is 0. The van der Waals surface area contributed by atoms with E-state index in [2.05, 4.69) is 264 Å². The Morgan fingerprint density at radius 1 is 0.254 bits per heavy atom. The number of aromatic nitrogens is 2.